The molecule has 0 spiro atoms. The Hall–Kier alpha value is -1.93. The van der Waals surface area contributed by atoms with Crippen molar-refractivity contribution in [1.82, 2.24) is 20.2 Å². The maximum absolute atomic E-state index is 12.1. The van der Waals surface area contributed by atoms with Crippen LogP contribution < -0.4 is 10.9 Å². The van der Waals surface area contributed by atoms with Gasteiger partial charge in [-0.3, -0.25) is 9.59 Å². The minimum absolute atomic E-state index is 0.00160. The molecule has 8 nitrogen and oxygen atoms in total. The molecule has 134 valence electrons. The number of hydrogen-bond acceptors (Lipinski definition) is 6. The number of likely N-dealkylation sites (tertiary alicyclic amines) is 1. The molecule has 1 fully saturated rings. The smallest absolute Gasteiger partial charge is 0.258 e. The molecule has 0 aromatic carbocycles. The summed E-state index contributed by atoms with van der Waals surface area (Å²) in [5.74, 6) is -0.667. The minimum atomic E-state index is -0.488. The van der Waals surface area contributed by atoms with Gasteiger partial charge in [-0.15, -0.1) is 0 Å². The Bertz CT molecular complexity index is 594. The fourth-order valence-corrected chi connectivity index (χ4v) is 2.74. The summed E-state index contributed by atoms with van der Waals surface area (Å²) in [5.41, 5.74) is -0.490. The molecule has 1 aromatic rings. The van der Waals surface area contributed by atoms with Crippen molar-refractivity contribution in [3.8, 4) is 5.88 Å². The molecule has 8 heteroatoms. The lowest BCUT2D eigenvalue weighted by molar-refractivity contribution is -0.121. The van der Waals surface area contributed by atoms with Crippen LogP contribution in [0.3, 0.4) is 0 Å². The van der Waals surface area contributed by atoms with Gasteiger partial charge in [-0.25, -0.2) is 4.98 Å². The number of carbonyl (C=O) groups excluding carboxylic acids is 1. The van der Waals surface area contributed by atoms with Gasteiger partial charge in [0.1, 0.15) is 0 Å². The molecule has 0 aliphatic carbocycles. The number of hydrogen-bond donors (Lipinski definition) is 3. The number of ether oxygens (including phenoxy) is 1. The maximum Gasteiger partial charge on any atom is 0.258 e. The molecule has 24 heavy (non-hydrogen) atoms. The molecule has 0 radical (unpaired) electrons. The first-order valence-corrected chi connectivity index (χ1v) is 8.34. The Balaban J connectivity index is 1.73. The van der Waals surface area contributed by atoms with Crippen LogP contribution in [0, 0.1) is 0 Å². The highest BCUT2D eigenvalue weighted by Crippen LogP contribution is 2.11. The molecule has 0 bridgehead atoms. The van der Waals surface area contributed by atoms with E-state index in [1.54, 1.807) is 0 Å². The van der Waals surface area contributed by atoms with E-state index in [4.69, 9.17) is 4.74 Å². The molecule has 0 unspecified atom stereocenters. The molecule has 3 N–H and O–H groups in total. The predicted molar refractivity (Wildman–Crippen MR) is 88.9 cm³/mol. The Labute approximate surface area is 141 Å². The molecule has 2 heterocycles. The van der Waals surface area contributed by atoms with Crippen LogP contribution in [0.2, 0.25) is 0 Å². The van der Waals surface area contributed by atoms with Crippen LogP contribution in [-0.2, 0) is 16.0 Å². The summed E-state index contributed by atoms with van der Waals surface area (Å²) in [7, 11) is 0. The van der Waals surface area contributed by atoms with Crippen molar-refractivity contribution in [2.24, 2.45) is 0 Å². The second kappa shape index (κ2) is 8.79. The van der Waals surface area contributed by atoms with E-state index < -0.39 is 11.4 Å². The predicted octanol–water partition coefficient (Wildman–Crippen LogP) is 0.0236. The molecule has 0 atom stereocenters. The van der Waals surface area contributed by atoms with Gasteiger partial charge in [0.15, 0.2) is 0 Å². The lowest BCUT2D eigenvalue weighted by atomic mass is 10.0. The van der Waals surface area contributed by atoms with Crippen molar-refractivity contribution in [1.29, 1.82) is 0 Å². The van der Waals surface area contributed by atoms with Crippen molar-refractivity contribution >= 4 is 5.91 Å². The van der Waals surface area contributed by atoms with Crippen LogP contribution in [0.15, 0.2) is 11.1 Å². The fraction of sp³-hybridized carbons (Fsp3) is 0.688. The average Bonchev–Trinajstić information content (AvgIpc) is 2.52. The number of carbonyl (C=O) groups is 1. The van der Waals surface area contributed by atoms with Crippen LogP contribution >= 0.6 is 0 Å². The van der Waals surface area contributed by atoms with Crippen LogP contribution in [-0.4, -0.2) is 64.3 Å². The normalized spacial score (nSPS) is 16.5. The van der Waals surface area contributed by atoms with Crippen LogP contribution in [0.4, 0.5) is 0 Å². The van der Waals surface area contributed by atoms with Gasteiger partial charge in [0.25, 0.3) is 5.56 Å². The number of aromatic amines is 1. The zero-order valence-corrected chi connectivity index (χ0v) is 14.2. The van der Waals surface area contributed by atoms with Crippen molar-refractivity contribution in [2.45, 2.75) is 45.3 Å². The summed E-state index contributed by atoms with van der Waals surface area (Å²) >= 11 is 0. The highest BCUT2D eigenvalue weighted by atomic mass is 16.5. The minimum Gasteiger partial charge on any atom is -0.493 e. The molecule has 2 rings (SSSR count). The number of piperidine rings is 1. The van der Waals surface area contributed by atoms with Gasteiger partial charge >= 0.3 is 0 Å². The molecule has 1 aromatic heterocycles. The molecular weight excluding hydrogens is 312 g/mol. The first-order valence-electron chi connectivity index (χ1n) is 8.34. The number of rotatable bonds is 7. The highest BCUT2D eigenvalue weighted by molar-refractivity contribution is 5.79. The number of nitrogens with one attached hydrogen (secondary N) is 2. The van der Waals surface area contributed by atoms with Crippen LogP contribution in [0.1, 0.15) is 32.3 Å². The Morgan fingerprint density at radius 1 is 1.50 bits per heavy atom. The lowest BCUT2D eigenvalue weighted by Crippen LogP contribution is -2.46. The standard InChI is InChI=1S/C16H26N4O4/c1-11(2)24-8-7-20-5-3-12(4-6-20)19-14(21)9-13-15(22)17-10-18-16(13)23/h10-12H,3-9H2,1-2H3,(H,19,21)(H2,17,18,22,23). The van der Waals surface area contributed by atoms with Gasteiger partial charge in [-0.2, -0.15) is 0 Å². The van der Waals surface area contributed by atoms with Crippen LogP contribution in [0.25, 0.3) is 0 Å². The third-order valence-electron chi connectivity index (χ3n) is 4.08. The van der Waals surface area contributed by atoms with E-state index in [1.807, 2.05) is 13.8 Å². The summed E-state index contributed by atoms with van der Waals surface area (Å²) in [4.78, 5) is 32.0. The van der Waals surface area contributed by atoms with E-state index in [0.29, 0.717) is 0 Å². The topological polar surface area (TPSA) is 108 Å². The second-order valence-electron chi connectivity index (χ2n) is 6.31. The van der Waals surface area contributed by atoms with E-state index in [0.717, 1.165) is 45.4 Å². The maximum atomic E-state index is 12.1. The van der Waals surface area contributed by atoms with E-state index in [-0.39, 0.29) is 30.0 Å². The monoisotopic (exact) mass is 338 g/mol. The number of aromatic hydroxyl groups is 1. The van der Waals surface area contributed by atoms with E-state index in [9.17, 15) is 14.7 Å². The van der Waals surface area contributed by atoms with Gasteiger partial charge in [0.05, 0.1) is 31.0 Å². The van der Waals surface area contributed by atoms with Crippen molar-refractivity contribution in [2.75, 3.05) is 26.2 Å². The Morgan fingerprint density at radius 3 is 2.83 bits per heavy atom. The zero-order chi connectivity index (χ0) is 17.5. The first-order chi connectivity index (χ1) is 11.5. The van der Waals surface area contributed by atoms with E-state index >= 15 is 0 Å². The van der Waals surface area contributed by atoms with Gasteiger partial charge < -0.3 is 25.0 Å². The summed E-state index contributed by atoms with van der Waals surface area (Å²) in [6, 6.07) is 0.0951. The molecule has 1 amide bonds. The second-order valence-corrected chi connectivity index (χ2v) is 6.31. The highest BCUT2D eigenvalue weighted by Gasteiger charge is 2.21. The third-order valence-corrected chi connectivity index (χ3v) is 4.08. The molecule has 1 saturated heterocycles. The molecule has 1 aliphatic rings. The van der Waals surface area contributed by atoms with E-state index in [2.05, 4.69) is 20.2 Å². The van der Waals surface area contributed by atoms with Gasteiger partial charge in [-0.05, 0) is 26.7 Å². The largest absolute Gasteiger partial charge is 0.493 e. The Morgan fingerprint density at radius 2 is 2.21 bits per heavy atom. The number of amides is 1. The quantitative estimate of drug-likeness (QED) is 0.647. The SMILES string of the molecule is CC(C)OCCN1CCC(NC(=O)Cc2c(O)nc[nH]c2=O)CC1. The third kappa shape index (κ3) is 5.61. The average molecular weight is 338 g/mol. The summed E-state index contributed by atoms with van der Waals surface area (Å²) < 4.78 is 5.55. The summed E-state index contributed by atoms with van der Waals surface area (Å²) in [5, 5.41) is 12.5. The van der Waals surface area contributed by atoms with Gasteiger partial charge in [-0.1, -0.05) is 0 Å². The lowest BCUT2D eigenvalue weighted by Gasteiger charge is -2.32. The van der Waals surface area contributed by atoms with Crippen molar-refractivity contribution in [3.63, 3.8) is 0 Å². The number of H-pyrrole nitrogens is 1. The molecule has 0 saturated carbocycles. The van der Waals surface area contributed by atoms with Crippen molar-refractivity contribution < 1.29 is 14.6 Å². The molecule has 1 aliphatic heterocycles. The van der Waals surface area contributed by atoms with Crippen molar-refractivity contribution in [3.05, 3.63) is 22.2 Å². The van der Waals surface area contributed by atoms with Crippen LogP contribution in [0.5, 0.6) is 5.88 Å². The zero-order valence-electron chi connectivity index (χ0n) is 14.2. The summed E-state index contributed by atoms with van der Waals surface area (Å²) in [6.45, 7) is 7.48. The first kappa shape index (κ1) is 18.4. The summed E-state index contributed by atoms with van der Waals surface area (Å²) in [6.07, 6.45) is 2.91. The number of nitrogens with zero attached hydrogens (tertiary/aromatic N) is 2. The fourth-order valence-electron chi connectivity index (χ4n) is 2.74. The van der Waals surface area contributed by atoms with Gasteiger partial charge in [0, 0.05) is 25.7 Å². The Kier molecular flexibility index (Phi) is 6.74. The van der Waals surface area contributed by atoms with E-state index in [1.165, 1.54) is 0 Å². The van der Waals surface area contributed by atoms with Gasteiger partial charge in [0.2, 0.25) is 11.8 Å². The molecular formula is C16H26N4O4. The number of aromatic nitrogens is 2.